The average molecular weight is 275 g/mol. The molecule has 1 fully saturated rings. The van der Waals surface area contributed by atoms with Gasteiger partial charge in [0, 0.05) is 18.8 Å². The van der Waals surface area contributed by atoms with Crippen LogP contribution >= 0.6 is 12.2 Å². The van der Waals surface area contributed by atoms with Crippen LogP contribution in [0.15, 0.2) is 30.0 Å². The highest BCUT2D eigenvalue weighted by Gasteiger charge is 2.18. The summed E-state index contributed by atoms with van der Waals surface area (Å²) in [5, 5.41) is 5.21. The second kappa shape index (κ2) is 5.84. The van der Waals surface area contributed by atoms with Crippen molar-refractivity contribution in [1.82, 2.24) is 10.6 Å². The number of nitrogens with zero attached hydrogens (tertiary/aromatic N) is 1. The van der Waals surface area contributed by atoms with Crippen molar-refractivity contribution >= 4 is 35.0 Å². The van der Waals surface area contributed by atoms with Crippen LogP contribution in [-0.4, -0.2) is 24.1 Å². The summed E-state index contributed by atoms with van der Waals surface area (Å²) in [4.78, 5) is 13.8. The minimum Gasteiger partial charge on any atom is -0.372 e. The van der Waals surface area contributed by atoms with Crippen molar-refractivity contribution in [2.75, 3.05) is 18.0 Å². The van der Waals surface area contributed by atoms with Crippen LogP contribution in [0.25, 0.3) is 6.08 Å². The topological polar surface area (TPSA) is 44.4 Å². The van der Waals surface area contributed by atoms with E-state index in [0.29, 0.717) is 10.7 Å². The fourth-order valence-electron chi connectivity index (χ4n) is 2.02. The smallest absolute Gasteiger partial charge is 0.324 e. The van der Waals surface area contributed by atoms with Gasteiger partial charge in [0.1, 0.15) is 4.99 Å². The van der Waals surface area contributed by atoms with Gasteiger partial charge in [-0.3, -0.25) is 5.32 Å². The third kappa shape index (κ3) is 3.12. The molecule has 2 amide bonds. The summed E-state index contributed by atoms with van der Waals surface area (Å²) in [7, 11) is 0. The van der Waals surface area contributed by atoms with E-state index in [1.807, 2.05) is 18.2 Å². The van der Waals surface area contributed by atoms with Crippen LogP contribution in [-0.2, 0) is 0 Å². The minimum absolute atomic E-state index is 0.268. The Morgan fingerprint density at radius 3 is 2.26 bits per heavy atom. The summed E-state index contributed by atoms with van der Waals surface area (Å²) in [5.74, 6) is 0. The average Bonchev–Trinajstić information content (AvgIpc) is 2.71. The first kappa shape index (κ1) is 13.5. The predicted molar refractivity (Wildman–Crippen MR) is 82.2 cm³/mol. The SMILES string of the molecule is CCN(CC)c1ccc(/C=C2/NC(=O)NC2=S)cc1. The Morgan fingerprint density at radius 2 is 1.79 bits per heavy atom. The molecule has 0 unspecified atom stereocenters. The van der Waals surface area contributed by atoms with Crippen molar-refractivity contribution in [3.8, 4) is 0 Å². The summed E-state index contributed by atoms with van der Waals surface area (Å²) < 4.78 is 0. The molecule has 2 N–H and O–H groups in total. The normalized spacial score (nSPS) is 16.4. The highest BCUT2D eigenvalue weighted by Crippen LogP contribution is 2.17. The van der Waals surface area contributed by atoms with Crippen LogP contribution in [0.2, 0.25) is 0 Å². The summed E-state index contributed by atoms with van der Waals surface area (Å²) in [5.41, 5.74) is 2.86. The fraction of sp³-hybridized carbons (Fsp3) is 0.286. The third-order valence-electron chi connectivity index (χ3n) is 3.05. The second-order valence-corrected chi connectivity index (χ2v) is 4.64. The standard InChI is InChI=1S/C14H17N3OS/c1-3-17(4-2)11-7-5-10(6-8-11)9-12-13(19)16-14(18)15-12/h5-9H,3-4H2,1-2H3,(H2,15,16,18,19)/b12-9+. The zero-order valence-electron chi connectivity index (χ0n) is 11.1. The van der Waals surface area contributed by atoms with Gasteiger partial charge in [-0.1, -0.05) is 24.4 Å². The summed E-state index contributed by atoms with van der Waals surface area (Å²) in [6.45, 7) is 6.25. The molecule has 1 aromatic rings. The van der Waals surface area contributed by atoms with E-state index in [0.717, 1.165) is 18.7 Å². The third-order valence-corrected chi connectivity index (χ3v) is 3.37. The molecule has 0 aromatic heterocycles. The largest absolute Gasteiger partial charge is 0.372 e. The molecule has 4 nitrogen and oxygen atoms in total. The van der Waals surface area contributed by atoms with Gasteiger partial charge < -0.3 is 10.2 Å². The number of carbonyl (C=O) groups excluding carboxylic acids is 1. The Bertz CT molecular complexity index is 518. The zero-order valence-corrected chi connectivity index (χ0v) is 11.9. The van der Waals surface area contributed by atoms with Crippen LogP contribution in [0.3, 0.4) is 0 Å². The maximum Gasteiger partial charge on any atom is 0.324 e. The number of thiocarbonyl (C=S) groups is 1. The van der Waals surface area contributed by atoms with Crippen molar-refractivity contribution < 1.29 is 4.79 Å². The Hall–Kier alpha value is -1.88. The molecular weight excluding hydrogens is 258 g/mol. The first-order valence-electron chi connectivity index (χ1n) is 6.33. The van der Waals surface area contributed by atoms with Gasteiger partial charge in [0.15, 0.2) is 0 Å². The molecule has 100 valence electrons. The lowest BCUT2D eigenvalue weighted by Crippen LogP contribution is -2.21. The van der Waals surface area contributed by atoms with Crippen LogP contribution in [0, 0.1) is 0 Å². The molecule has 2 rings (SSSR count). The van der Waals surface area contributed by atoms with Gasteiger partial charge in [0.05, 0.1) is 5.70 Å². The van der Waals surface area contributed by atoms with Gasteiger partial charge in [-0.2, -0.15) is 0 Å². The number of hydrogen-bond donors (Lipinski definition) is 2. The second-order valence-electron chi connectivity index (χ2n) is 4.23. The number of hydrogen-bond acceptors (Lipinski definition) is 3. The van der Waals surface area contributed by atoms with E-state index < -0.39 is 0 Å². The van der Waals surface area contributed by atoms with E-state index in [9.17, 15) is 4.79 Å². The first-order chi connectivity index (χ1) is 9.13. The summed E-state index contributed by atoms with van der Waals surface area (Å²) in [6, 6.07) is 7.93. The lowest BCUT2D eigenvalue weighted by molar-refractivity contribution is 0.250. The molecule has 0 aliphatic carbocycles. The van der Waals surface area contributed by atoms with Crippen molar-refractivity contribution in [3.63, 3.8) is 0 Å². The highest BCUT2D eigenvalue weighted by molar-refractivity contribution is 7.80. The van der Waals surface area contributed by atoms with Crippen molar-refractivity contribution in [1.29, 1.82) is 0 Å². The molecule has 0 bridgehead atoms. The molecule has 1 aliphatic rings. The Labute approximate surface area is 118 Å². The Kier molecular flexibility index (Phi) is 4.16. The molecule has 19 heavy (non-hydrogen) atoms. The number of carbonyl (C=O) groups is 1. The predicted octanol–water partition coefficient (Wildman–Crippen LogP) is 2.51. The van der Waals surface area contributed by atoms with Crippen LogP contribution < -0.4 is 15.5 Å². The van der Waals surface area contributed by atoms with Crippen molar-refractivity contribution in [2.24, 2.45) is 0 Å². The van der Waals surface area contributed by atoms with Gasteiger partial charge in [0.2, 0.25) is 0 Å². The minimum atomic E-state index is -0.268. The number of urea groups is 1. The molecule has 1 aliphatic heterocycles. The van der Waals surface area contributed by atoms with E-state index in [1.165, 1.54) is 5.69 Å². The fourth-order valence-corrected chi connectivity index (χ4v) is 2.22. The molecular formula is C14H17N3OS. The maximum atomic E-state index is 11.1. The molecule has 1 aromatic carbocycles. The number of nitrogens with one attached hydrogen (secondary N) is 2. The number of amides is 2. The highest BCUT2D eigenvalue weighted by atomic mass is 32.1. The van der Waals surface area contributed by atoms with Crippen LogP contribution in [0.1, 0.15) is 19.4 Å². The number of benzene rings is 1. The van der Waals surface area contributed by atoms with Gasteiger partial charge in [-0.25, -0.2) is 4.79 Å². The Balaban J connectivity index is 2.17. The zero-order chi connectivity index (χ0) is 13.8. The van der Waals surface area contributed by atoms with Gasteiger partial charge in [-0.05, 0) is 37.6 Å². The quantitative estimate of drug-likeness (QED) is 0.655. The van der Waals surface area contributed by atoms with Crippen molar-refractivity contribution in [3.05, 3.63) is 35.5 Å². The van der Waals surface area contributed by atoms with Crippen LogP contribution in [0.4, 0.5) is 10.5 Å². The monoisotopic (exact) mass is 275 g/mol. The summed E-state index contributed by atoms with van der Waals surface area (Å²) >= 11 is 5.05. The molecule has 0 radical (unpaired) electrons. The van der Waals surface area contributed by atoms with E-state index in [-0.39, 0.29) is 6.03 Å². The summed E-state index contributed by atoms with van der Waals surface area (Å²) in [6.07, 6.45) is 1.87. The molecule has 1 heterocycles. The maximum absolute atomic E-state index is 11.1. The number of rotatable bonds is 4. The van der Waals surface area contributed by atoms with E-state index in [4.69, 9.17) is 12.2 Å². The van der Waals surface area contributed by atoms with Crippen molar-refractivity contribution in [2.45, 2.75) is 13.8 Å². The Morgan fingerprint density at radius 1 is 1.16 bits per heavy atom. The lowest BCUT2D eigenvalue weighted by atomic mass is 10.1. The van der Waals surface area contributed by atoms with E-state index in [2.05, 4.69) is 41.5 Å². The van der Waals surface area contributed by atoms with Gasteiger partial charge in [-0.15, -0.1) is 0 Å². The molecule has 0 saturated carbocycles. The van der Waals surface area contributed by atoms with Gasteiger partial charge >= 0.3 is 6.03 Å². The van der Waals surface area contributed by atoms with Crippen LogP contribution in [0.5, 0.6) is 0 Å². The van der Waals surface area contributed by atoms with Gasteiger partial charge in [0.25, 0.3) is 0 Å². The molecule has 5 heteroatoms. The number of anilines is 1. The lowest BCUT2D eigenvalue weighted by Gasteiger charge is -2.20. The van der Waals surface area contributed by atoms with E-state index >= 15 is 0 Å². The first-order valence-corrected chi connectivity index (χ1v) is 6.74. The molecule has 1 saturated heterocycles. The molecule has 0 atom stereocenters. The molecule has 0 spiro atoms. The van der Waals surface area contributed by atoms with E-state index in [1.54, 1.807) is 0 Å².